The van der Waals surface area contributed by atoms with Gasteiger partial charge in [-0.1, -0.05) is 23.9 Å². The smallest absolute Gasteiger partial charge is 0.235 e. The SMILES string of the molecule is Cc1ccc(C)c(-n2nnnc2SC(C)C(=O)N2CCCC2)c1. The highest BCUT2D eigenvalue weighted by atomic mass is 32.2. The number of amides is 1. The summed E-state index contributed by atoms with van der Waals surface area (Å²) in [7, 11) is 0. The van der Waals surface area contributed by atoms with Crippen molar-refractivity contribution in [2.45, 2.75) is 44.0 Å². The fraction of sp³-hybridized carbons (Fsp3) is 0.500. The lowest BCUT2D eigenvalue weighted by atomic mass is 10.1. The molecule has 122 valence electrons. The first-order chi connectivity index (χ1) is 11.1. The Labute approximate surface area is 140 Å². The second-order valence-corrected chi connectivity index (χ2v) is 7.26. The number of nitrogens with zero attached hydrogens (tertiary/aromatic N) is 5. The van der Waals surface area contributed by atoms with Gasteiger partial charge in [0.2, 0.25) is 11.1 Å². The zero-order valence-corrected chi connectivity index (χ0v) is 14.5. The van der Waals surface area contributed by atoms with Gasteiger partial charge in [0.25, 0.3) is 0 Å². The Morgan fingerprint density at radius 2 is 2.00 bits per heavy atom. The van der Waals surface area contributed by atoms with Gasteiger partial charge in [0.15, 0.2) is 0 Å². The van der Waals surface area contributed by atoms with Gasteiger partial charge in [-0.05, 0) is 61.2 Å². The topological polar surface area (TPSA) is 63.9 Å². The van der Waals surface area contributed by atoms with Crippen LogP contribution in [0.15, 0.2) is 23.4 Å². The quantitative estimate of drug-likeness (QED) is 0.805. The Morgan fingerprint density at radius 3 is 2.74 bits per heavy atom. The molecule has 1 aromatic heterocycles. The molecule has 1 amide bonds. The zero-order chi connectivity index (χ0) is 16.4. The van der Waals surface area contributed by atoms with Crippen LogP contribution < -0.4 is 0 Å². The molecule has 2 heterocycles. The summed E-state index contributed by atoms with van der Waals surface area (Å²) in [6.45, 7) is 7.73. The third-order valence-corrected chi connectivity index (χ3v) is 5.10. The van der Waals surface area contributed by atoms with Gasteiger partial charge >= 0.3 is 0 Å². The number of rotatable bonds is 4. The lowest BCUT2D eigenvalue weighted by molar-refractivity contribution is -0.129. The first-order valence-electron chi connectivity index (χ1n) is 7.87. The van der Waals surface area contributed by atoms with Gasteiger partial charge in [-0.2, -0.15) is 4.68 Å². The molecule has 0 aliphatic carbocycles. The summed E-state index contributed by atoms with van der Waals surface area (Å²) >= 11 is 1.42. The number of aromatic nitrogens is 4. The van der Waals surface area contributed by atoms with Crippen molar-refractivity contribution in [1.29, 1.82) is 0 Å². The standard InChI is InChI=1S/C16H21N5OS/c1-11-6-7-12(2)14(10-11)21-16(17-18-19-21)23-13(3)15(22)20-8-4-5-9-20/h6-7,10,13H,4-5,8-9H2,1-3H3. The maximum atomic E-state index is 12.5. The van der Waals surface area contributed by atoms with E-state index in [0.717, 1.165) is 42.7 Å². The van der Waals surface area contributed by atoms with Crippen LogP contribution in [0.5, 0.6) is 0 Å². The summed E-state index contributed by atoms with van der Waals surface area (Å²) in [6.07, 6.45) is 2.20. The van der Waals surface area contributed by atoms with Crippen LogP contribution in [-0.4, -0.2) is 49.4 Å². The van der Waals surface area contributed by atoms with Crippen LogP contribution in [0, 0.1) is 13.8 Å². The molecule has 1 fully saturated rings. The molecule has 1 atom stereocenters. The molecular formula is C16H21N5OS. The van der Waals surface area contributed by atoms with Gasteiger partial charge in [-0.15, -0.1) is 5.10 Å². The number of aryl methyl sites for hydroxylation is 2. The van der Waals surface area contributed by atoms with Crippen LogP contribution in [0.1, 0.15) is 30.9 Å². The lowest BCUT2D eigenvalue weighted by Gasteiger charge is -2.19. The summed E-state index contributed by atoms with van der Waals surface area (Å²) < 4.78 is 1.72. The molecule has 23 heavy (non-hydrogen) atoms. The van der Waals surface area contributed by atoms with Gasteiger partial charge in [-0.3, -0.25) is 4.79 Å². The Bertz CT molecular complexity index is 708. The first-order valence-corrected chi connectivity index (χ1v) is 8.75. The highest BCUT2D eigenvalue weighted by molar-refractivity contribution is 8.00. The molecule has 2 aromatic rings. The number of thioether (sulfide) groups is 1. The number of benzene rings is 1. The Kier molecular flexibility index (Phi) is 4.66. The molecule has 0 bridgehead atoms. The fourth-order valence-corrected chi connectivity index (χ4v) is 3.64. The first kappa shape index (κ1) is 16.0. The van der Waals surface area contributed by atoms with E-state index in [1.165, 1.54) is 11.8 Å². The number of tetrazole rings is 1. The molecule has 1 saturated heterocycles. The predicted molar refractivity (Wildman–Crippen MR) is 89.8 cm³/mol. The summed E-state index contributed by atoms with van der Waals surface area (Å²) in [5.41, 5.74) is 3.21. The molecule has 1 aliphatic heterocycles. The van der Waals surface area contributed by atoms with Gasteiger partial charge in [0.05, 0.1) is 10.9 Å². The molecule has 1 unspecified atom stereocenters. The average Bonchev–Trinajstić information content (AvgIpc) is 3.20. The molecular weight excluding hydrogens is 310 g/mol. The van der Waals surface area contributed by atoms with Crippen molar-refractivity contribution in [3.8, 4) is 5.69 Å². The van der Waals surface area contributed by atoms with E-state index < -0.39 is 0 Å². The lowest BCUT2D eigenvalue weighted by Crippen LogP contribution is -2.34. The van der Waals surface area contributed by atoms with Crippen molar-refractivity contribution < 1.29 is 4.79 Å². The number of likely N-dealkylation sites (tertiary alicyclic amines) is 1. The van der Waals surface area contributed by atoms with Crippen LogP contribution in [0.3, 0.4) is 0 Å². The Hall–Kier alpha value is -1.89. The monoisotopic (exact) mass is 331 g/mol. The van der Waals surface area contributed by atoms with E-state index in [-0.39, 0.29) is 11.2 Å². The summed E-state index contributed by atoms with van der Waals surface area (Å²) in [6, 6.07) is 6.18. The molecule has 0 N–H and O–H groups in total. The second kappa shape index (κ2) is 6.70. The van der Waals surface area contributed by atoms with Crippen molar-refractivity contribution in [2.24, 2.45) is 0 Å². The highest BCUT2D eigenvalue weighted by Crippen LogP contribution is 2.26. The molecule has 0 saturated carbocycles. The number of carbonyl (C=O) groups excluding carboxylic acids is 1. The van der Waals surface area contributed by atoms with Crippen molar-refractivity contribution >= 4 is 17.7 Å². The average molecular weight is 331 g/mol. The van der Waals surface area contributed by atoms with E-state index >= 15 is 0 Å². The Balaban J connectivity index is 1.81. The van der Waals surface area contributed by atoms with E-state index in [1.807, 2.05) is 25.7 Å². The van der Waals surface area contributed by atoms with Gasteiger partial charge in [0, 0.05) is 13.1 Å². The van der Waals surface area contributed by atoms with E-state index in [4.69, 9.17) is 0 Å². The third kappa shape index (κ3) is 3.39. The fourth-order valence-electron chi connectivity index (χ4n) is 2.75. The largest absolute Gasteiger partial charge is 0.342 e. The minimum Gasteiger partial charge on any atom is -0.342 e. The van der Waals surface area contributed by atoms with Crippen molar-refractivity contribution in [3.63, 3.8) is 0 Å². The van der Waals surface area contributed by atoms with Crippen LogP contribution in [-0.2, 0) is 4.79 Å². The van der Waals surface area contributed by atoms with Crippen molar-refractivity contribution in [1.82, 2.24) is 25.1 Å². The predicted octanol–water partition coefficient (Wildman–Crippen LogP) is 2.38. The second-order valence-electron chi connectivity index (χ2n) is 5.96. The van der Waals surface area contributed by atoms with Gasteiger partial charge in [0.1, 0.15) is 0 Å². The van der Waals surface area contributed by atoms with Gasteiger partial charge < -0.3 is 4.90 Å². The normalized spacial score (nSPS) is 15.9. The minimum absolute atomic E-state index is 0.169. The van der Waals surface area contributed by atoms with E-state index in [9.17, 15) is 4.79 Å². The van der Waals surface area contributed by atoms with Crippen LogP contribution >= 0.6 is 11.8 Å². The molecule has 7 heteroatoms. The van der Waals surface area contributed by atoms with Crippen molar-refractivity contribution in [3.05, 3.63) is 29.3 Å². The summed E-state index contributed by atoms with van der Waals surface area (Å²) in [5.74, 6) is 0.169. The van der Waals surface area contributed by atoms with E-state index in [1.54, 1.807) is 4.68 Å². The van der Waals surface area contributed by atoms with Crippen molar-refractivity contribution in [2.75, 3.05) is 13.1 Å². The van der Waals surface area contributed by atoms with Crippen LogP contribution in [0.4, 0.5) is 0 Å². The number of hydrogen-bond donors (Lipinski definition) is 0. The molecule has 1 aliphatic rings. The highest BCUT2D eigenvalue weighted by Gasteiger charge is 2.26. The third-order valence-electron chi connectivity index (χ3n) is 4.08. The van der Waals surface area contributed by atoms with Crippen LogP contribution in [0.2, 0.25) is 0 Å². The minimum atomic E-state index is -0.192. The molecule has 3 rings (SSSR count). The van der Waals surface area contributed by atoms with E-state index in [2.05, 4.69) is 33.7 Å². The summed E-state index contributed by atoms with van der Waals surface area (Å²) in [5, 5.41) is 12.5. The molecule has 0 radical (unpaired) electrons. The molecule has 6 nitrogen and oxygen atoms in total. The van der Waals surface area contributed by atoms with Crippen LogP contribution in [0.25, 0.3) is 5.69 Å². The maximum Gasteiger partial charge on any atom is 0.235 e. The maximum absolute atomic E-state index is 12.5. The van der Waals surface area contributed by atoms with E-state index in [0.29, 0.717) is 5.16 Å². The Morgan fingerprint density at radius 1 is 1.26 bits per heavy atom. The number of carbonyl (C=O) groups is 1. The zero-order valence-electron chi connectivity index (χ0n) is 13.7. The molecule has 1 aromatic carbocycles. The summed E-state index contributed by atoms with van der Waals surface area (Å²) in [4.78, 5) is 14.4. The van der Waals surface area contributed by atoms with Gasteiger partial charge in [-0.25, -0.2) is 0 Å². The number of hydrogen-bond acceptors (Lipinski definition) is 5. The molecule has 0 spiro atoms.